The molecule has 2 aromatic carbocycles. The van der Waals surface area contributed by atoms with Crippen LogP contribution < -0.4 is 14.9 Å². The van der Waals surface area contributed by atoms with Crippen molar-refractivity contribution in [1.82, 2.24) is 5.32 Å². The number of amides is 1. The minimum absolute atomic E-state index is 0.00604. The monoisotopic (exact) mass is 429 g/mol. The first-order valence-corrected chi connectivity index (χ1v) is 12.3. The second kappa shape index (κ2) is 9.51. The van der Waals surface area contributed by atoms with Crippen LogP contribution in [-0.4, -0.2) is 39.7 Å². The maximum absolute atomic E-state index is 12.8. The van der Waals surface area contributed by atoms with Gasteiger partial charge < -0.3 is 10.2 Å². The lowest BCUT2D eigenvalue weighted by molar-refractivity contribution is 0.0943. The van der Waals surface area contributed by atoms with E-state index in [1.165, 1.54) is 5.56 Å². The molecule has 2 aromatic rings. The molecule has 30 heavy (non-hydrogen) atoms. The highest BCUT2D eigenvalue weighted by Gasteiger charge is 2.24. The zero-order chi connectivity index (χ0) is 21.7. The number of nitrogens with zero attached hydrogens (tertiary/aromatic N) is 1. The number of sulfonamides is 1. The van der Waals surface area contributed by atoms with E-state index in [0.717, 1.165) is 44.3 Å². The summed E-state index contributed by atoms with van der Waals surface area (Å²) in [7, 11) is -3.41. The Morgan fingerprint density at radius 3 is 2.37 bits per heavy atom. The Balaban J connectivity index is 1.76. The van der Waals surface area contributed by atoms with E-state index in [2.05, 4.69) is 39.2 Å². The van der Waals surface area contributed by atoms with Crippen molar-refractivity contribution in [3.05, 3.63) is 59.7 Å². The van der Waals surface area contributed by atoms with Crippen LogP contribution in [0, 0.1) is 5.92 Å². The smallest absolute Gasteiger partial charge is 0.253 e. The molecule has 0 radical (unpaired) electrons. The summed E-state index contributed by atoms with van der Waals surface area (Å²) in [6.45, 7) is 5.56. The van der Waals surface area contributed by atoms with Crippen LogP contribution in [0.25, 0.3) is 0 Å². The second-order valence-electron chi connectivity index (χ2n) is 8.35. The van der Waals surface area contributed by atoms with Crippen LogP contribution in [0.5, 0.6) is 0 Å². The van der Waals surface area contributed by atoms with Crippen molar-refractivity contribution in [3.63, 3.8) is 0 Å². The number of rotatable bonds is 7. The highest BCUT2D eigenvalue weighted by molar-refractivity contribution is 7.92. The Kier molecular flexibility index (Phi) is 7.02. The molecular weight excluding hydrogens is 398 g/mol. The highest BCUT2D eigenvalue weighted by Crippen LogP contribution is 2.30. The standard InChI is InChI=1S/C23H31N3O3S/c1-17(2)24-23(27)21-16-20(25-30(3,28)29)9-10-22(21)26-13-11-19(12-14-26)15-18-7-5-4-6-8-18/h4-10,16-17,19,25H,11-15H2,1-3H3,(H,24,27). The first-order valence-electron chi connectivity index (χ1n) is 10.4. The summed E-state index contributed by atoms with van der Waals surface area (Å²) in [4.78, 5) is 15.1. The summed E-state index contributed by atoms with van der Waals surface area (Å²) in [5.74, 6) is 0.436. The molecule has 0 spiro atoms. The third-order valence-electron chi connectivity index (χ3n) is 5.29. The minimum Gasteiger partial charge on any atom is -0.371 e. The molecule has 1 saturated heterocycles. The van der Waals surface area contributed by atoms with Crippen molar-refractivity contribution in [2.24, 2.45) is 5.92 Å². The van der Waals surface area contributed by atoms with Gasteiger partial charge in [0, 0.05) is 30.5 Å². The predicted molar refractivity (Wildman–Crippen MR) is 123 cm³/mol. The number of piperidine rings is 1. The molecule has 0 bridgehead atoms. The molecule has 6 nitrogen and oxygen atoms in total. The van der Waals surface area contributed by atoms with Gasteiger partial charge in [0.25, 0.3) is 5.91 Å². The number of hydrogen-bond donors (Lipinski definition) is 2. The van der Waals surface area contributed by atoms with Gasteiger partial charge in [-0.25, -0.2) is 8.42 Å². The van der Waals surface area contributed by atoms with Crippen LogP contribution in [0.3, 0.4) is 0 Å². The molecule has 162 valence electrons. The average Bonchev–Trinajstić information content (AvgIpc) is 2.68. The number of nitrogens with one attached hydrogen (secondary N) is 2. The summed E-state index contributed by atoms with van der Waals surface area (Å²) in [6.07, 6.45) is 4.30. The summed E-state index contributed by atoms with van der Waals surface area (Å²) < 4.78 is 25.7. The summed E-state index contributed by atoms with van der Waals surface area (Å²) in [5, 5.41) is 2.93. The zero-order valence-corrected chi connectivity index (χ0v) is 18.7. The van der Waals surface area contributed by atoms with Gasteiger partial charge in [0.15, 0.2) is 0 Å². The third-order valence-corrected chi connectivity index (χ3v) is 5.89. The fourth-order valence-electron chi connectivity index (χ4n) is 3.94. The third kappa shape index (κ3) is 6.23. The molecule has 1 fully saturated rings. The maximum Gasteiger partial charge on any atom is 0.253 e. The van der Waals surface area contributed by atoms with Gasteiger partial charge in [0.2, 0.25) is 10.0 Å². The van der Waals surface area contributed by atoms with Crippen molar-refractivity contribution in [1.29, 1.82) is 0 Å². The molecule has 0 saturated carbocycles. The van der Waals surface area contributed by atoms with Gasteiger partial charge in [-0.15, -0.1) is 0 Å². The van der Waals surface area contributed by atoms with E-state index in [-0.39, 0.29) is 11.9 Å². The molecule has 1 heterocycles. The Bertz CT molecular complexity index is 966. The first-order chi connectivity index (χ1) is 14.2. The number of benzene rings is 2. The molecule has 0 aliphatic carbocycles. The van der Waals surface area contributed by atoms with E-state index in [1.54, 1.807) is 12.1 Å². The quantitative estimate of drug-likeness (QED) is 0.704. The summed E-state index contributed by atoms with van der Waals surface area (Å²) in [6, 6.07) is 15.7. The number of hydrogen-bond acceptors (Lipinski definition) is 4. The number of anilines is 2. The molecule has 7 heteroatoms. The molecule has 0 unspecified atom stereocenters. The SMILES string of the molecule is CC(C)NC(=O)c1cc(NS(C)(=O)=O)ccc1N1CCC(Cc2ccccc2)CC1. The Morgan fingerprint density at radius 2 is 1.77 bits per heavy atom. The van der Waals surface area contributed by atoms with Crippen LogP contribution in [0.4, 0.5) is 11.4 Å². The van der Waals surface area contributed by atoms with Crippen molar-refractivity contribution in [2.45, 2.75) is 39.2 Å². The van der Waals surface area contributed by atoms with E-state index in [4.69, 9.17) is 0 Å². The number of carbonyl (C=O) groups is 1. The van der Waals surface area contributed by atoms with Gasteiger partial charge >= 0.3 is 0 Å². The van der Waals surface area contributed by atoms with Gasteiger partial charge in [-0.3, -0.25) is 9.52 Å². The lowest BCUT2D eigenvalue weighted by Crippen LogP contribution is -2.37. The molecule has 3 rings (SSSR count). The normalized spacial score (nSPS) is 15.3. The molecule has 0 atom stereocenters. The first kappa shape index (κ1) is 22.2. The van der Waals surface area contributed by atoms with Gasteiger partial charge in [-0.1, -0.05) is 30.3 Å². The van der Waals surface area contributed by atoms with Gasteiger partial charge in [0.05, 0.1) is 11.8 Å². The summed E-state index contributed by atoms with van der Waals surface area (Å²) in [5.41, 5.74) is 3.11. The fourth-order valence-corrected chi connectivity index (χ4v) is 4.49. The molecule has 1 aliphatic heterocycles. The van der Waals surface area contributed by atoms with E-state index < -0.39 is 10.0 Å². The van der Waals surface area contributed by atoms with Crippen LogP contribution in [0.15, 0.2) is 48.5 Å². The van der Waals surface area contributed by atoms with Crippen molar-refractivity contribution >= 4 is 27.3 Å². The van der Waals surface area contributed by atoms with E-state index >= 15 is 0 Å². The van der Waals surface area contributed by atoms with Crippen LogP contribution >= 0.6 is 0 Å². The van der Waals surface area contributed by atoms with Crippen molar-refractivity contribution < 1.29 is 13.2 Å². The van der Waals surface area contributed by atoms with Gasteiger partial charge in [-0.05, 0) is 62.8 Å². The summed E-state index contributed by atoms with van der Waals surface area (Å²) >= 11 is 0. The largest absolute Gasteiger partial charge is 0.371 e. The van der Waals surface area contributed by atoms with Crippen LogP contribution in [-0.2, 0) is 16.4 Å². The molecule has 1 amide bonds. The zero-order valence-electron chi connectivity index (χ0n) is 17.9. The van der Waals surface area contributed by atoms with E-state index in [9.17, 15) is 13.2 Å². The second-order valence-corrected chi connectivity index (χ2v) is 10.1. The number of carbonyl (C=O) groups excluding carboxylic acids is 1. The minimum atomic E-state index is -3.41. The van der Waals surface area contributed by atoms with Crippen molar-refractivity contribution in [3.8, 4) is 0 Å². The Morgan fingerprint density at radius 1 is 1.10 bits per heavy atom. The molecular formula is C23H31N3O3S. The fraction of sp³-hybridized carbons (Fsp3) is 0.435. The Labute approximate surface area is 179 Å². The Hall–Kier alpha value is -2.54. The van der Waals surface area contributed by atoms with E-state index in [0.29, 0.717) is 17.2 Å². The highest BCUT2D eigenvalue weighted by atomic mass is 32.2. The lowest BCUT2D eigenvalue weighted by atomic mass is 9.89. The molecule has 0 aromatic heterocycles. The van der Waals surface area contributed by atoms with Gasteiger partial charge in [-0.2, -0.15) is 0 Å². The maximum atomic E-state index is 12.8. The average molecular weight is 430 g/mol. The predicted octanol–water partition coefficient (Wildman–Crippen LogP) is 3.66. The van der Waals surface area contributed by atoms with Crippen molar-refractivity contribution in [2.75, 3.05) is 29.0 Å². The molecule has 1 aliphatic rings. The van der Waals surface area contributed by atoms with E-state index in [1.807, 2.05) is 26.0 Å². The lowest BCUT2D eigenvalue weighted by Gasteiger charge is -2.35. The van der Waals surface area contributed by atoms with Crippen LogP contribution in [0.1, 0.15) is 42.6 Å². The molecule has 2 N–H and O–H groups in total. The topological polar surface area (TPSA) is 78.5 Å². The van der Waals surface area contributed by atoms with Crippen LogP contribution in [0.2, 0.25) is 0 Å². The van der Waals surface area contributed by atoms with Gasteiger partial charge in [0.1, 0.15) is 0 Å².